The van der Waals surface area contributed by atoms with E-state index in [2.05, 4.69) is 30.7 Å². The van der Waals surface area contributed by atoms with Gasteiger partial charge in [-0.3, -0.25) is 18.9 Å². The number of halogens is 1. The van der Waals surface area contributed by atoms with Crippen molar-refractivity contribution in [2.24, 2.45) is 5.11 Å². The number of aromatic nitrogens is 2. The first-order valence-corrected chi connectivity index (χ1v) is 15.4. The number of phosphoric acid groups is 1. The van der Waals surface area contributed by atoms with Crippen molar-refractivity contribution < 1.29 is 67.1 Å². The van der Waals surface area contributed by atoms with Gasteiger partial charge in [0.1, 0.15) is 36.6 Å². The molecule has 20 nitrogen and oxygen atoms in total. The molecule has 2 fully saturated rings. The number of terminal acetylenes is 1. The Morgan fingerprint density at radius 2 is 1.95 bits per heavy atom. The summed E-state index contributed by atoms with van der Waals surface area (Å²) in [5.41, 5.74) is 4.82. The van der Waals surface area contributed by atoms with E-state index in [1.807, 2.05) is 10.9 Å². The number of azide groups is 1. The predicted octanol–water partition coefficient (Wildman–Crippen LogP) is -3.02. The average molecular weight is 663 g/mol. The van der Waals surface area contributed by atoms with Crippen LogP contribution in [-0.2, 0) is 39.2 Å². The third-order valence-electron chi connectivity index (χ3n) is 6.01. The smallest absolute Gasteiger partial charge is 0.393 e. The van der Waals surface area contributed by atoms with Crippen molar-refractivity contribution in [2.75, 3.05) is 13.2 Å². The molecule has 234 valence electrons. The van der Waals surface area contributed by atoms with E-state index in [1.54, 1.807) is 0 Å². The summed E-state index contributed by atoms with van der Waals surface area (Å²) >= 11 is 4.65. The standard InChI is InChI=1S/C18H24FN5O15P2S/c1-2-18(22-23-20)14(30)8(36-16(18)24-4-3-9(26)21-17(24)31)6-35-41(34,42)39-40(32,33)38-15-12(29)10(27)11(28)13(37-15)7(19)5-25/h1,3-4,7-8,10-16,25,27-30H,5-6H2,(H,32,33)(H,34,42)(H,21,26,31)/t7-,8+,10?,11?,12?,13?,14+,15?,16+,18+,41?/m0/s1. The molecular weight excluding hydrogens is 639 g/mol. The lowest BCUT2D eigenvalue weighted by Gasteiger charge is -2.41. The van der Waals surface area contributed by atoms with Crippen LogP contribution in [0.15, 0.2) is 27.0 Å². The second-order valence-electron chi connectivity index (χ2n) is 8.71. The Morgan fingerprint density at radius 1 is 1.29 bits per heavy atom. The first-order valence-electron chi connectivity index (χ1n) is 11.4. The zero-order valence-electron chi connectivity index (χ0n) is 20.7. The Morgan fingerprint density at radius 3 is 2.52 bits per heavy atom. The number of hydrogen-bond donors (Lipinski definition) is 8. The molecule has 3 heterocycles. The van der Waals surface area contributed by atoms with Crippen LogP contribution in [0.25, 0.3) is 10.4 Å². The lowest BCUT2D eigenvalue weighted by molar-refractivity contribution is -0.287. The van der Waals surface area contributed by atoms with Gasteiger partial charge < -0.3 is 49.3 Å². The molecule has 0 bridgehead atoms. The van der Waals surface area contributed by atoms with Gasteiger partial charge in [-0.15, -0.1) is 6.42 Å². The summed E-state index contributed by atoms with van der Waals surface area (Å²) in [5, 5.41) is 52.9. The first-order chi connectivity index (χ1) is 19.5. The minimum absolute atomic E-state index is 0.688. The van der Waals surface area contributed by atoms with E-state index >= 15 is 0 Å². The third-order valence-corrected chi connectivity index (χ3v) is 9.53. The van der Waals surface area contributed by atoms with Crippen molar-refractivity contribution in [3.63, 3.8) is 0 Å². The van der Waals surface area contributed by atoms with Gasteiger partial charge in [-0.05, 0) is 17.3 Å². The molecule has 42 heavy (non-hydrogen) atoms. The summed E-state index contributed by atoms with van der Waals surface area (Å²) < 4.78 is 51.3. The van der Waals surface area contributed by atoms with Gasteiger partial charge in [0.25, 0.3) is 5.56 Å². The van der Waals surface area contributed by atoms with E-state index in [-0.39, 0.29) is 0 Å². The molecule has 7 unspecified atom stereocenters. The first kappa shape index (κ1) is 34.4. The molecule has 8 N–H and O–H groups in total. The molecule has 2 aliphatic rings. The number of nitrogens with one attached hydrogen (secondary N) is 1. The van der Waals surface area contributed by atoms with Crippen LogP contribution in [0.2, 0.25) is 0 Å². The highest BCUT2D eigenvalue weighted by atomic mass is 32.5. The molecule has 0 radical (unpaired) electrons. The fourth-order valence-corrected chi connectivity index (χ4v) is 7.10. The molecule has 0 spiro atoms. The van der Waals surface area contributed by atoms with Crippen LogP contribution < -0.4 is 11.2 Å². The van der Waals surface area contributed by atoms with E-state index in [0.717, 1.165) is 12.3 Å². The minimum atomic E-state index is -5.59. The van der Waals surface area contributed by atoms with Crippen LogP contribution in [-0.4, -0.2) is 113 Å². The highest BCUT2D eigenvalue weighted by Crippen LogP contribution is 2.62. The van der Waals surface area contributed by atoms with E-state index in [4.69, 9.17) is 31.1 Å². The number of rotatable bonds is 11. The zero-order valence-corrected chi connectivity index (χ0v) is 23.3. The van der Waals surface area contributed by atoms with Crippen LogP contribution in [0.5, 0.6) is 0 Å². The number of nitrogens with zero attached hydrogens (tertiary/aromatic N) is 4. The zero-order chi connectivity index (χ0) is 31.6. The predicted molar refractivity (Wildman–Crippen MR) is 135 cm³/mol. The van der Waals surface area contributed by atoms with Crippen molar-refractivity contribution in [3.05, 3.63) is 43.5 Å². The van der Waals surface area contributed by atoms with Crippen LogP contribution >= 0.6 is 14.5 Å². The summed E-state index contributed by atoms with van der Waals surface area (Å²) in [4.78, 5) is 48.6. The molecule has 0 aromatic carbocycles. The number of phosphoric ester groups is 1. The Hall–Kier alpha value is -2.12. The summed E-state index contributed by atoms with van der Waals surface area (Å²) in [7, 11) is -5.59. The van der Waals surface area contributed by atoms with Gasteiger partial charge >= 0.3 is 20.2 Å². The Labute approximate surface area is 238 Å². The van der Waals surface area contributed by atoms with E-state index in [1.165, 1.54) is 0 Å². The monoisotopic (exact) mass is 663 g/mol. The normalized spacial score (nSPS) is 36.6. The maximum absolute atomic E-state index is 13.9. The third kappa shape index (κ3) is 7.15. The van der Waals surface area contributed by atoms with E-state index in [0.29, 0.717) is 4.57 Å². The minimum Gasteiger partial charge on any atom is -0.393 e. The molecule has 24 heteroatoms. The van der Waals surface area contributed by atoms with Gasteiger partial charge in [-0.25, -0.2) is 18.1 Å². The number of aliphatic hydroxyl groups is 5. The summed E-state index contributed by atoms with van der Waals surface area (Å²) in [6.07, 6.45) is -12.2. The summed E-state index contributed by atoms with van der Waals surface area (Å²) in [6, 6.07) is 0.894. The van der Waals surface area contributed by atoms with Crippen LogP contribution in [0.4, 0.5) is 4.39 Å². The topological polar surface area (TPSA) is 308 Å². The SMILES string of the molecule is C#C[C@@]1(N=[N+]=[N-])[C@H](O)[C@@H](COP(O)(=S)OP(=O)(O)OC2OC([C@@H](F)CO)C(O)C(O)C2O)O[C@H]1n1ccc(=O)[nH]c1=O. The van der Waals surface area contributed by atoms with Crippen LogP contribution in [0, 0.1) is 12.3 Å². The van der Waals surface area contributed by atoms with Crippen molar-refractivity contribution in [3.8, 4) is 12.3 Å². The number of H-pyrrole nitrogens is 1. The van der Waals surface area contributed by atoms with Crippen molar-refractivity contribution >= 4 is 26.3 Å². The molecule has 0 amide bonds. The number of ether oxygens (including phenoxy) is 2. The Balaban J connectivity index is 1.75. The van der Waals surface area contributed by atoms with Crippen molar-refractivity contribution in [1.82, 2.24) is 9.55 Å². The molecule has 1 aromatic heterocycles. The number of alkyl halides is 1. The Bertz CT molecular complexity index is 1450. The van der Waals surface area contributed by atoms with Gasteiger partial charge in [-0.1, -0.05) is 11.0 Å². The van der Waals surface area contributed by atoms with Gasteiger partial charge in [0.05, 0.1) is 13.2 Å². The quantitative estimate of drug-likeness (QED) is 0.0384. The lowest BCUT2D eigenvalue weighted by atomic mass is 9.92. The Kier molecular flexibility index (Phi) is 10.8. The number of hydrogen-bond acceptors (Lipinski definition) is 15. The van der Waals surface area contributed by atoms with Gasteiger partial charge in [-0.2, -0.15) is 0 Å². The van der Waals surface area contributed by atoms with E-state index in [9.17, 15) is 48.8 Å². The van der Waals surface area contributed by atoms with E-state index < -0.39 is 99.9 Å². The van der Waals surface area contributed by atoms with Crippen LogP contribution in [0.3, 0.4) is 0 Å². The maximum Gasteiger partial charge on any atom is 0.481 e. The molecule has 2 aliphatic heterocycles. The molecule has 12 atom stereocenters. The molecule has 0 aliphatic carbocycles. The fraction of sp³-hybridized carbons (Fsp3) is 0.667. The fourth-order valence-electron chi connectivity index (χ4n) is 4.00. The largest absolute Gasteiger partial charge is 0.481 e. The lowest BCUT2D eigenvalue weighted by Crippen LogP contribution is -2.60. The van der Waals surface area contributed by atoms with Crippen molar-refractivity contribution in [1.29, 1.82) is 0 Å². The molecule has 1 aromatic rings. The number of aliphatic hydroxyl groups excluding tert-OH is 5. The van der Waals surface area contributed by atoms with Crippen LogP contribution in [0.1, 0.15) is 6.23 Å². The van der Waals surface area contributed by atoms with Gasteiger partial charge in [0.2, 0.25) is 0 Å². The highest BCUT2D eigenvalue weighted by Gasteiger charge is 2.57. The second-order valence-corrected chi connectivity index (χ2v) is 13.1. The average Bonchev–Trinajstić information content (AvgIpc) is 3.18. The second kappa shape index (κ2) is 13.3. The van der Waals surface area contributed by atoms with Crippen molar-refractivity contribution in [2.45, 2.75) is 60.9 Å². The highest BCUT2D eigenvalue weighted by molar-refractivity contribution is 8.08. The molecule has 0 saturated carbocycles. The molecule has 3 rings (SSSR count). The molecular formula is C18H24FN5O15P2S. The molecule has 2 saturated heterocycles. The maximum atomic E-state index is 13.9. The summed E-state index contributed by atoms with van der Waals surface area (Å²) in [5.74, 6) is 2.02. The van der Waals surface area contributed by atoms with Gasteiger partial charge in [0, 0.05) is 17.2 Å². The summed E-state index contributed by atoms with van der Waals surface area (Å²) in [6.45, 7) is -7.04. The van der Waals surface area contributed by atoms with Gasteiger partial charge in [0.15, 0.2) is 24.2 Å². The number of aromatic amines is 1.